The lowest BCUT2D eigenvalue weighted by molar-refractivity contribution is 0.435. The molecule has 3 nitrogen and oxygen atoms in total. The molecule has 1 aromatic heterocycles. The molecule has 1 N–H and O–H groups in total. The summed E-state index contributed by atoms with van der Waals surface area (Å²) in [5.41, 5.74) is 2.63. The SMILES string of the molecule is CCCNC(CCC1CC1)c1cc(CC)nn1CC. The predicted molar refractivity (Wildman–Crippen MR) is 80.3 cm³/mol. The van der Waals surface area contributed by atoms with Crippen molar-refractivity contribution in [2.24, 2.45) is 5.92 Å². The summed E-state index contributed by atoms with van der Waals surface area (Å²) >= 11 is 0. The summed E-state index contributed by atoms with van der Waals surface area (Å²) in [5.74, 6) is 1.01. The fourth-order valence-electron chi connectivity index (χ4n) is 2.68. The van der Waals surface area contributed by atoms with E-state index in [1.54, 1.807) is 0 Å². The summed E-state index contributed by atoms with van der Waals surface area (Å²) in [6.45, 7) is 8.69. The van der Waals surface area contributed by atoms with Crippen LogP contribution in [0, 0.1) is 5.92 Å². The third-order valence-electron chi connectivity index (χ3n) is 4.08. The minimum Gasteiger partial charge on any atom is -0.309 e. The Balaban J connectivity index is 2.06. The largest absolute Gasteiger partial charge is 0.309 e. The van der Waals surface area contributed by atoms with Crippen LogP contribution >= 0.6 is 0 Å². The summed E-state index contributed by atoms with van der Waals surface area (Å²) in [6, 6.07) is 2.80. The Bertz CT molecular complexity index is 379. The highest BCUT2D eigenvalue weighted by Crippen LogP contribution is 2.36. The smallest absolute Gasteiger partial charge is 0.0625 e. The molecule has 108 valence electrons. The molecule has 0 aliphatic heterocycles. The summed E-state index contributed by atoms with van der Waals surface area (Å²) in [4.78, 5) is 0. The lowest BCUT2D eigenvalue weighted by atomic mass is 10.0. The van der Waals surface area contributed by atoms with Gasteiger partial charge in [-0.05, 0) is 51.1 Å². The van der Waals surface area contributed by atoms with Gasteiger partial charge in [-0.2, -0.15) is 5.10 Å². The highest BCUT2D eigenvalue weighted by molar-refractivity contribution is 5.14. The van der Waals surface area contributed by atoms with Crippen molar-refractivity contribution in [3.8, 4) is 0 Å². The first-order valence-corrected chi connectivity index (χ1v) is 8.08. The molecule has 1 aliphatic rings. The number of hydrogen-bond donors (Lipinski definition) is 1. The highest BCUT2D eigenvalue weighted by Gasteiger charge is 2.24. The van der Waals surface area contributed by atoms with E-state index < -0.39 is 0 Å². The van der Waals surface area contributed by atoms with Crippen LogP contribution in [0.2, 0.25) is 0 Å². The normalized spacial score (nSPS) is 16.8. The molecule has 1 heterocycles. The molecule has 0 aromatic carbocycles. The van der Waals surface area contributed by atoms with Gasteiger partial charge < -0.3 is 5.32 Å². The van der Waals surface area contributed by atoms with Crippen molar-refractivity contribution < 1.29 is 0 Å². The minimum atomic E-state index is 0.494. The van der Waals surface area contributed by atoms with Gasteiger partial charge in [0.1, 0.15) is 0 Å². The molecule has 1 atom stereocenters. The third kappa shape index (κ3) is 4.07. The summed E-state index contributed by atoms with van der Waals surface area (Å²) in [5, 5.41) is 8.42. The minimum absolute atomic E-state index is 0.494. The van der Waals surface area contributed by atoms with Crippen molar-refractivity contribution in [2.45, 2.75) is 71.9 Å². The van der Waals surface area contributed by atoms with Crippen LogP contribution in [-0.2, 0) is 13.0 Å². The number of aromatic nitrogens is 2. The molecular weight excluding hydrogens is 234 g/mol. The number of nitrogens with zero attached hydrogens (tertiary/aromatic N) is 2. The average Bonchev–Trinajstić information content (AvgIpc) is 3.16. The van der Waals surface area contributed by atoms with Crippen molar-refractivity contribution in [3.63, 3.8) is 0 Å². The lowest BCUT2D eigenvalue weighted by Gasteiger charge is -2.19. The first kappa shape index (κ1) is 14.6. The number of nitrogens with one attached hydrogen (secondary N) is 1. The molecule has 2 rings (SSSR count). The topological polar surface area (TPSA) is 29.9 Å². The van der Waals surface area contributed by atoms with E-state index in [0.717, 1.165) is 25.4 Å². The molecule has 0 radical (unpaired) electrons. The van der Waals surface area contributed by atoms with Crippen molar-refractivity contribution in [3.05, 3.63) is 17.5 Å². The van der Waals surface area contributed by atoms with E-state index >= 15 is 0 Å². The second-order valence-corrected chi connectivity index (χ2v) is 5.76. The standard InChI is InChI=1S/C16H29N3/c1-4-11-17-15(10-9-13-7-8-13)16-12-14(5-2)18-19(16)6-3/h12-13,15,17H,4-11H2,1-3H3. The van der Waals surface area contributed by atoms with E-state index in [0.29, 0.717) is 6.04 Å². The highest BCUT2D eigenvalue weighted by atomic mass is 15.3. The van der Waals surface area contributed by atoms with E-state index in [4.69, 9.17) is 5.10 Å². The van der Waals surface area contributed by atoms with Crippen LogP contribution in [0.3, 0.4) is 0 Å². The van der Waals surface area contributed by atoms with Crippen molar-refractivity contribution in [1.29, 1.82) is 0 Å². The zero-order valence-corrected chi connectivity index (χ0v) is 12.8. The van der Waals surface area contributed by atoms with Gasteiger partial charge in [0.25, 0.3) is 0 Å². The molecule has 1 unspecified atom stereocenters. The lowest BCUT2D eigenvalue weighted by Crippen LogP contribution is -2.25. The number of aryl methyl sites for hydroxylation is 2. The molecule has 1 aromatic rings. The summed E-state index contributed by atoms with van der Waals surface area (Å²) in [7, 11) is 0. The molecule has 19 heavy (non-hydrogen) atoms. The third-order valence-corrected chi connectivity index (χ3v) is 4.08. The van der Waals surface area contributed by atoms with E-state index in [-0.39, 0.29) is 0 Å². The number of hydrogen-bond acceptors (Lipinski definition) is 2. The van der Waals surface area contributed by atoms with Gasteiger partial charge in [0.15, 0.2) is 0 Å². The molecule has 0 saturated heterocycles. The molecule has 0 amide bonds. The molecule has 0 bridgehead atoms. The van der Waals surface area contributed by atoms with E-state index in [1.165, 1.54) is 43.5 Å². The molecule has 0 spiro atoms. The summed E-state index contributed by atoms with van der Waals surface area (Å²) < 4.78 is 2.19. The monoisotopic (exact) mass is 263 g/mol. The van der Waals surface area contributed by atoms with Gasteiger partial charge in [-0.1, -0.05) is 26.7 Å². The van der Waals surface area contributed by atoms with E-state index in [9.17, 15) is 0 Å². The Hall–Kier alpha value is -0.830. The van der Waals surface area contributed by atoms with Crippen molar-refractivity contribution >= 4 is 0 Å². The maximum atomic E-state index is 4.70. The van der Waals surface area contributed by atoms with Gasteiger partial charge in [0.05, 0.1) is 11.4 Å². The fraction of sp³-hybridized carbons (Fsp3) is 0.812. The Morgan fingerprint density at radius 1 is 1.37 bits per heavy atom. The maximum absolute atomic E-state index is 4.70. The Morgan fingerprint density at radius 2 is 2.16 bits per heavy atom. The summed E-state index contributed by atoms with van der Waals surface area (Å²) in [6.07, 6.45) is 7.77. The van der Waals surface area contributed by atoms with Crippen LogP contribution in [0.1, 0.15) is 70.3 Å². The Kier molecular flexibility index (Phi) is 5.44. The van der Waals surface area contributed by atoms with Gasteiger partial charge in [0, 0.05) is 12.6 Å². The van der Waals surface area contributed by atoms with E-state index in [1.807, 2.05) is 0 Å². The quantitative estimate of drug-likeness (QED) is 0.736. The molecule has 1 aliphatic carbocycles. The van der Waals surface area contributed by atoms with Gasteiger partial charge in [0.2, 0.25) is 0 Å². The van der Waals surface area contributed by atoms with Crippen LogP contribution in [0.5, 0.6) is 0 Å². The van der Waals surface area contributed by atoms with Crippen LogP contribution in [0.4, 0.5) is 0 Å². The fourth-order valence-corrected chi connectivity index (χ4v) is 2.68. The van der Waals surface area contributed by atoms with E-state index in [2.05, 4.69) is 36.8 Å². The molecule has 1 saturated carbocycles. The molecule has 3 heteroatoms. The zero-order chi connectivity index (χ0) is 13.7. The Labute approximate surface area is 117 Å². The zero-order valence-electron chi connectivity index (χ0n) is 12.8. The van der Waals surface area contributed by atoms with Gasteiger partial charge in [-0.3, -0.25) is 4.68 Å². The van der Waals surface area contributed by atoms with Gasteiger partial charge in [-0.15, -0.1) is 0 Å². The predicted octanol–water partition coefficient (Wildman–Crippen LogP) is 3.70. The molecular formula is C16H29N3. The van der Waals surface area contributed by atoms with Crippen LogP contribution in [-0.4, -0.2) is 16.3 Å². The van der Waals surface area contributed by atoms with Crippen molar-refractivity contribution in [1.82, 2.24) is 15.1 Å². The second kappa shape index (κ2) is 7.09. The van der Waals surface area contributed by atoms with Crippen LogP contribution in [0.25, 0.3) is 0 Å². The Morgan fingerprint density at radius 3 is 2.74 bits per heavy atom. The molecule has 1 fully saturated rings. The van der Waals surface area contributed by atoms with Crippen molar-refractivity contribution in [2.75, 3.05) is 6.54 Å². The number of rotatable bonds is 9. The first-order chi connectivity index (χ1) is 9.28. The maximum Gasteiger partial charge on any atom is 0.0625 e. The van der Waals surface area contributed by atoms with Gasteiger partial charge in [-0.25, -0.2) is 0 Å². The average molecular weight is 263 g/mol. The van der Waals surface area contributed by atoms with Crippen LogP contribution in [0.15, 0.2) is 6.07 Å². The van der Waals surface area contributed by atoms with Crippen LogP contribution < -0.4 is 5.32 Å². The second-order valence-electron chi connectivity index (χ2n) is 5.76. The first-order valence-electron chi connectivity index (χ1n) is 8.08. The van der Waals surface area contributed by atoms with Gasteiger partial charge >= 0.3 is 0 Å².